The van der Waals surface area contributed by atoms with Crippen LogP contribution in [-0.2, 0) is 0 Å². The number of aryl methyl sites for hydroxylation is 1. The first-order valence-electron chi connectivity index (χ1n) is 6.73. The predicted molar refractivity (Wildman–Crippen MR) is 85.0 cm³/mol. The Morgan fingerprint density at radius 3 is 2.38 bits per heavy atom. The van der Waals surface area contributed by atoms with Gasteiger partial charge in [-0.3, -0.25) is 0 Å². The number of nitrogen functional groups attached to an aromatic ring is 1. The van der Waals surface area contributed by atoms with Crippen LogP contribution in [-0.4, -0.2) is 7.11 Å². The molecule has 0 aliphatic rings. The van der Waals surface area contributed by atoms with Crippen molar-refractivity contribution in [2.24, 2.45) is 0 Å². The number of nitrogens with two attached hydrogens (primary N) is 1. The molecule has 3 aromatic carbocycles. The van der Waals surface area contributed by atoms with Gasteiger partial charge < -0.3 is 10.5 Å². The number of anilines is 1. The second kappa shape index (κ2) is 5.09. The van der Waals surface area contributed by atoms with Crippen molar-refractivity contribution >= 4 is 16.5 Å². The summed E-state index contributed by atoms with van der Waals surface area (Å²) in [5, 5.41) is 1.90. The number of methoxy groups -OCH3 is 1. The molecule has 0 saturated heterocycles. The van der Waals surface area contributed by atoms with E-state index in [9.17, 15) is 4.39 Å². The van der Waals surface area contributed by atoms with Crippen LogP contribution in [0.4, 0.5) is 10.1 Å². The van der Waals surface area contributed by atoms with Gasteiger partial charge in [0.25, 0.3) is 0 Å². The molecule has 0 spiro atoms. The summed E-state index contributed by atoms with van der Waals surface area (Å²) in [5.41, 5.74) is 8.60. The first-order chi connectivity index (χ1) is 10.1. The third-order valence-corrected chi connectivity index (χ3v) is 3.75. The molecule has 0 fully saturated rings. The van der Waals surface area contributed by atoms with E-state index < -0.39 is 0 Å². The van der Waals surface area contributed by atoms with Crippen molar-refractivity contribution in [1.29, 1.82) is 0 Å². The van der Waals surface area contributed by atoms with Crippen LogP contribution in [0.15, 0.2) is 48.5 Å². The topological polar surface area (TPSA) is 35.2 Å². The standard InChI is InChI=1S/C18H16FNO/c1-11-9-16(19)15(10-17(11)20)13-7-8-18(21-2)14-6-4-3-5-12(13)14/h3-10H,20H2,1-2H3. The molecule has 0 aliphatic carbocycles. The summed E-state index contributed by atoms with van der Waals surface area (Å²) in [5.74, 6) is 0.506. The van der Waals surface area contributed by atoms with Gasteiger partial charge in [0.15, 0.2) is 0 Å². The lowest BCUT2D eigenvalue weighted by Gasteiger charge is -2.12. The molecule has 3 heteroatoms. The zero-order valence-corrected chi connectivity index (χ0v) is 12.0. The smallest absolute Gasteiger partial charge is 0.131 e. The molecule has 0 bridgehead atoms. The maximum Gasteiger partial charge on any atom is 0.131 e. The van der Waals surface area contributed by atoms with Crippen LogP contribution in [0.3, 0.4) is 0 Å². The number of rotatable bonds is 2. The average molecular weight is 281 g/mol. The quantitative estimate of drug-likeness (QED) is 0.700. The van der Waals surface area contributed by atoms with Crippen LogP contribution in [0.5, 0.6) is 5.75 Å². The van der Waals surface area contributed by atoms with Gasteiger partial charge in [0.1, 0.15) is 11.6 Å². The highest BCUT2D eigenvalue weighted by molar-refractivity contribution is 6.00. The molecule has 0 radical (unpaired) electrons. The molecule has 0 aromatic heterocycles. The largest absolute Gasteiger partial charge is 0.496 e. The number of fused-ring (bicyclic) bond motifs is 1. The normalized spacial score (nSPS) is 10.8. The number of benzene rings is 3. The molecular weight excluding hydrogens is 265 g/mol. The molecule has 0 saturated carbocycles. The lowest BCUT2D eigenvalue weighted by atomic mass is 9.96. The Balaban J connectivity index is 2.34. The fourth-order valence-corrected chi connectivity index (χ4v) is 2.58. The van der Waals surface area contributed by atoms with Crippen molar-refractivity contribution in [2.75, 3.05) is 12.8 Å². The van der Waals surface area contributed by atoms with Gasteiger partial charge in [-0.2, -0.15) is 0 Å². The van der Waals surface area contributed by atoms with E-state index in [-0.39, 0.29) is 5.82 Å². The Morgan fingerprint density at radius 1 is 0.952 bits per heavy atom. The van der Waals surface area contributed by atoms with Gasteiger partial charge in [-0.25, -0.2) is 4.39 Å². The average Bonchev–Trinajstić information content (AvgIpc) is 2.50. The van der Waals surface area contributed by atoms with Gasteiger partial charge in [-0.05, 0) is 47.7 Å². The third-order valence-electron chi connectivity index (χ3n) is 3.75. The zero-order valence-electron chi connectivity index (χ0n) is 12.0. The first-order valence-corrected chi connectivity index (χ1v) is 6.73. The SMILES string of the molecule is COc1ccc(-c2cc(N)c(C)cc2F)c2ccccc12. The first kappa shape index (κ1) is 13.4. The van der Waals surface area contributed by atoms with Crippen molar-refractivity contribution in [3.8, 4) is 16.9 Å². The summed E-state index contributed by atoms with van der Waals surface area (Å²) < 4.78 is 19.7. The van der Waals surface area contributed by atoms with E-state index in [0.717, 1.165) is 27.6 Å². The van der Waals surface area contributed by atoms with Gasteiger partial charge in [-0.15, -0.1) is 0 Å². The molecule has 0 aliphatic heterocycles. The summed E-state index contributed by atoms with van der Waals surface area (Å²) >= 11 is 0. The van der Waals surface area contributed by atoms with E-state index in [1.165, 1.54) is 6.07 Å². The maximum absolute atomic E-state index is 14.3. The fourth-order valence-electron chi connectivity index (χ4n) is 2.58. The summed E-state index contributed by atoms with van der Waals surface area (Å²) in [4.78, 5) is 0. The van der Waals surface area contributed by atoms with Crippen molar-refractivity contribution < 1.29 is 9.13 Å². The van der Waals surface area contributed by atoms with E-state index >= 15 is 0 Å². The second-order valence-corrected chi connectivity index (χ2v) is 5.05. The minimum absolute atomic E-state index is 0.267. The van der Waals surface area contributed by atoms with Crippen molar-refractivity contribution in [2.45, 2.75) is 6.92 Å². The van der Waals surface area contributed by atoms with Crippen molar-refractivity contribution in [1.82, 2.24) is 0 Å². The van der Waals surface area contributed by atoms with Crippen LogP contribution in [0, 0.1) is 12.7 Å². The molecule has 0 heterocycles. The van der Waals surface area contributed by atoms with E-state index in [4.69, 9.17) is 10.5 Å². The molecule has 0 amide bonds. The van der Waals surface area contributed by atoms with Gasteiger partial charge in [0.2, 0.25) is 0 Å². The van der Waals surface area contributed by atoms with Crippen LogP contribution >= 0.6 is 0 Å². The summed E-state index contributed by atoms with van der Waals surface area (Å²) in [6, 6.07) is 14.7. The van der Waals surface area contributed by atoms with E-state index in [2.05, 4.69) is 0 Å². The Bertz CT molecular complexity index is 827. The van der Waals surface area contributed by atoms with Crippen LogP contribution in [0.25, 0.3) is 21.9 Å². The van der Waals surface area contributed by atoms with Gasteiger partial charge in [-0.1, -0.05) is 24.3 Å². The molecule has 21 heavy (non-hydrogen) atoms. The number of ether oxygens (including phenoxy) is 1. The fraction of sp³-hybridized carbons (Fsp3) is 0.111. The van der Waals surface area contributed by atoms with E-state index in [1.54, 1.807) is 20.1 Å². The number of halogens is 1. The minimum Gasteiger partial charge on any atom is -0.496 e. The molecule has 3 rings (SSSR count). The highest BCUT2D eigenvalue weighted by Gasteiger charge is 2.12. The van der Waals surface area contributed by atoms with Crippen LogP contribution in [0.2, 0.25) is 0 Å². The van der Waals surface area contributed by atoms with Crippen molar-refractivity contribution in [3.05, 3.63) is 59.9 Å². The zero-order chi connectivity index (χ0) is 15.0. The van der Waals surface area contributed by atoms with E-state index in [0.29, 0.717) is 11.3 Å². The Hall–Kier alpha value is -2.55. The van der Waals surface area contributed by atoms with Gasteiger partial charge in [0, 0.05) is 16.6 Å². The monoisotopic (exact) mass is 281 g/mol. The Labute approximate surface area is 123 Å². The molecular formula is C18H16FNO. The summed E-state index contributed by atoms with van der Waals surface area (Å²) in [6.45, 7) is 1.80. The van der Waals surface area contributed by atoms with Crippen molar-refractivity contribution in [3.63, 3.8) is 0 Å². The third kappa shape index (κ3) is 2.21. The second-order valence-electron chi connectivity index (χ2n) is 5.05. The predicted octanol–water partition coefficient (Wildman–Crippen LogP) is 4.55. The van der Waals surface area contributed by atoms with Gasteiger partial charge in [0.05, 0.1) is 7.11 Å². The van der Waals surface area contributed by atoms with Gasteiger partial charge >= 0.3 is 0 Å². The molecule has 2 N–H and O–H groups in total. The molecule has 3 aromatic rings. The Kier molecular flexibility index (Phi) is 3.26. The highest BCUT2D eigenvalue weighted by Crippen LogP contribution is 2.36. The lowest BCUT2D eigenvalue weighted by Crippen LogP contribution is -1.95. The van der Waals surface area contributed by atoms with Crippen LogP contribution in [0.1, 0.15) is 5.56 Å². The summed E-state index contributed by atoms with van der Waals surface area (Å²) in [7, 11) is 1.63. The summed E-state index contributed by atoms with van der Waals surface area (Å²) in [6.07, 6.45) is 0. The number of hydrogen-bond donors (Lipinski definition) is 1. The van der Waals surface area contributed by atoms with E-state index in [1.807, 2.05) is 36.4 Å². The number of hydrogen-bond acceptors (Lipinski definition) is 2. The lowest BCUT2D eigenvalue weighted by molar-refractivity contribution is 0.420. The highest BCUT2D eigenvalue weighted by atomic mass is 19.1. The Morgan fingerprint density at radius 2 is 1.67 bits per heavy atom. The molecule has 0 unspecified atom stereocenters. The molecule has 2 nitrogen and oxygen atoms in total. The van der Waals surface area contributed by atoms with Crippen LogP contribution < -0.4 is 10.5 Å². The molecule has 106 valence electrons. The molecule has 0 atom stereocenters. The minimum atomic E-state index is -0.267. The maximum atomic E-state index is 14.3.